The minimum absolute atomic E-state index is 0.0999. The predicted octanol–water partition coefficient (Wildman–Crippen LogP) is 6.39. The summed E-state index contributed by atoms with van der Waals surface area (Å²) in [6.07, 6.45) is 7.42. The van der Waals surface area contributed by atoms with Gasteiger partial charge < -0.3 is 9.64 Å². The number of hydrogen-bond donors (Lipinski definition) is 0. The number of amides is 1. The number of carbonyl (C=O) groups excluding carboxylic acids is 2. The summed E-state index contributed by atoms with van der Waals surface area (Å²) < 4.78 is 7.70. The van der Waals surface area contributed by atoms with Gasteiger partial charge in [0.2, 0.25) is 0 Å². The number of para-hydroxylation sites is 1. The molecule has 0 N–H and O–H groups in total. The van der Waals surface area contributed by atoms with E-state index in [1.54, 1.807) is 23.3 Å². The lowest BCUT2D eigenvalue weighted by Crippen LogP contribution is -2.41. The predicted molar refractivity (Wildman–Crippen MR) is 185 cm³/mol. The van der Waals surface area contributed by atoms with Gasteiger partial charge in [-0.3, -0.25) is 14.2 Å². The second-order valence-electron chi connectivity index (χ2n) is 11.5. The van der Waals surface area contributed by atoms with Crippen molar-refractivity contribution in [2.45, 2.75) is 63.5 Å². The normalized spacial score (nSPS) is 16.7. The van der Waals surface area contributed by atoms with Crippen LogP contribution in [0.4, 0.5) is 5.69 Å². The Hall–Kier alpha value is -4.21. The number of fused-ring (bicyclic) bond motifs is 2. The first-order valence-corrected chi connectivity index (χ1v) is 17.8. The van der Waals surface area contributed by atoms with Crippen molar-refractivity contribution >= 4 is 46.2 Å². The van der Waals surface area contributed by atoms with Gasteiger partial charge in [-0.15, -0.1) is 11.8 Å². The highest BCUT2D eigenvalue weighted by atomic mass is 32.2. The average Bonchev–Trinajstić information content (AvgIpc) is 3.54. The third kappa shape index (κ3) is 6.13. The number of ether oxygens (including phenoxy) is 1. The second kappa shape index (κ2) is 14.1. The standard InChI is InChI=1S/C37H37N3O4S2/c1-4-5-6-7-13-22-39-29-17-12-11-16-28(29)31(34(39)41)33-35(42)40-32(26-18-20-27(45-3)21-19-26)30(24(2)38-37(40)46-33)36(43)44-23-25-14-9-8-10-15-25/h8-12,14-21,32H,4-7,13,22-23H2,1-3H3. The van der Waals surface area contributed by atoms with Gasteiger partial charge in [-0.2, -0.15) is 0 Å². The number of nitrogens with zero attached hydrogens (tertiary/aromatic N) is 3. The summed E-state index contributed by atoms with van der Waals surface area (Å²) in [5.41, 5.74) is 4.07. The number of thiazole rings is 1. The van der Waals surface area contributed by atoms with Crippen molar-refractivity contribution < 1.29 is 14.3 Å². The quantitative estimate of drug-likeness (QED) is 0.107. The third-order valence-electron chi connectivity index (χ3n) is 8.50. The number of allylic oxidation sites excluding steroid dienone is 1. The van der Waals surface area contributed by atoms with Crippen LogP contribution < -0.4 is 19.8 Å². The van der Waals surface area contributed by atoms with E-state index >= 15 is 0 Å². The van der Waals surface area contributed by atoms with E-state index in [1.807, 2.05) is 90.0 Å². The lowest BCUT2D eigenvalue weighted by molar-refractivity contribution is -0.140. The molecule has 46 heavy (non-hydrogen) atoms. The number of unbranched alkanes of at least 4 members (excludes halogenated alkanes) is 4. The topological polar surface area (TPSA) is 81.0 Å². The molecule has 3 aromatic carbocycles. The van der Waals surface area contributed by atoms with Gasteiger partial charge in [0.05, 0.1) is 28.6 Å². The number of thioether (sulfide) groups is 1. The Kier molecular flexibility index (Phi) is 9.70. The smallest absolute Gasteiger partial charge is 0.338 e. The van der Waals surface area contributed by atoms with Gasteiger partial charge in [0.15, 0.2) is 4.80 Å². The Morgan fingerprint density at radius 3 is 2.39 bits per heavy atom. The Balaban J connectivity index is 1.45. The zero-order valence-corrected chi connectivity index (χ0v) is 28.0. The van der Waals surface area contributed by atoms with Crippen LogP contribution in [0.15, 0.2) is 105 Å². The number of benzene rings is 3. The first kappa shape index (κ1) is 31.8. The summed E-state index contributed by atoms with van der Waals surface area (Å²) >= 11 is 2.82. The summed E-state index contributed by atoms with van der Waals surface area (Å²) in [6, 6.07) is 24.3. The van der Waals surface area contributed by atoms with Crippen LogP contribution in [-0.2, 0) is 20.9 Å². The molecular weight excluding hydrogens is 615 g/mol. The molecule has 0 bridgehead atoms. The van der Waals surface area contributed by atoms with Gasteiger partial charge in [0.25, 0.3) is 11.5 Å². The molecule has 0 saturated carbocycles. The average molecular weight is 652 g/mol. The molecule has 7 nitrogen and oxygen atoms in total. The maximum atomic E-state index is 14.5. The van der Waals surface area contributed by atoms with Crippen LogP contribution in [0.1, 0.15) is 68.7 Å². The molecule has 0 aliphatic carbocycles. The second-order valence-corrected chi connectivity index (χ2v) is 13.4. The van der Waals surface area contributed by atoms with Crippen LogP contribution in [-0.4, -0.2) is 29.2 Å². The molecule has 1 unspecified atom stereocenters. The zero-order chi connectivity index (χ0) is 32.2. The Morgan fingerprint density at radius 2 is 1.65 bits per heavy atom. The third-order valence-corrected chi connectivity index (χ3v) is 10.3. The summed E-state index contributed by atoms with van der Waals surface area (Å²) in [5.74, 6) is -0.695. The van der Waals surface area contributed by atoms with E-state index in [1.165, 1.54) is 17.8 Å². The number of carbonyl (C=O) groups is 2. The van der Waals surface area contributed by atoms with Gasteiger partial charge in [-0.1, -0.05) is 105 Å². The zero-order valence-electron chi connectivity index (χ0n) is 26.3. The SMILES string of the molecule is CCCCCCCN1C(=O)C(=c2sc3n(c2=O)C(c2ccc(SC)cc2)C(C(=O)OCc2ccccc2)=C(C)N=3)c2ccccc21. The number of esters is 1. The monoisotopic (exact) mass is 651 g/mol. The van der Waals surface area contributed by atoms with Gasteiger partial charge in [-0.05, 0) is 48.9 Å². The molecule has 2 aliphatic rings. The Bertz CT molecular complexity index is 1980. The van der Waals surface area contributed by atoms with Crippen LogP contribution in [0.25, 0.3) is 5.57 Å². The summed E-state index contributed by atoms with van der Waals surface area (Å²) in [7, 11) is 0. The molecule has 0 fully saturated rings. The fourth-order valence-corrected chi connectivity index (χ4v) is 7.68. The first-order valence-electron chi connectivity index (χ1n) is 15.7. The number of aromatic nitrogens is 1. The van der Waals surface area contributed by atoms with Gasteiger partial charge >= 0.3 is 5.97 Å². The van der Waals surface area contributed by atoms with Crippen LogP contribution in [0.2, 0.25) is 0 Å². The highest BCUT2D eigenvalue weighted by molar-refractivity contribution is 7.98. The molecule has 0 spiro atoms. The molecule has 6 rings (SSSR count). The van der Waals surface area contributed by atoms with Gasteiger partial charge in [0.1, 0.15) is 11.1 Å². The van der Waals surface area contributed by atoms with Crippen molar-refractivity contribution in [3.63, 3.8) is 0 Å². The van der Waals surface area contributed by atoms with E-state index in [-0.39, 0.29) is 18.1 Å². The highest BCUT2D eigenvalue weighted by Gasteiger charge is 2.37. The number of rotatable bonds is 11. The van der Waals surface area contributed by atoms with E-state index in [0.717, 1.165) is 53.0 Å². The Labute approximate surface area is 276 Å². The Morgan fingerprint density at radius 1 is 0.935 bits per heavy atom. The van der Waals surface area contributed by atoms with Crippen molar-refractivity contribution in [2.24, 2.45) is 4.99 Å². The maximum Gasteiger partial charge on any atom is 0.338 e. The number of anilines is 1. The minimum atomic E-state index is -0.758. The van der Waals surface area contributed by atoms with Crippen molar-refractivity contribution in [1.29, 1.82) is 0 Å². The van der Waals surface area contributed by atoms with E-state index in [0.29, 0.717) is 32.7 Å². The van der Waals surface area contributed by atoms with E-state index in [9.17, 15) is 14.4 Å². The summed E-state index contributed by atoms with van der Waals surface area (Å²) in [5, 5.41) is 0. The molecule has 236 valence electrons. The lowest BCUT2D eigenvalue weighted by Gasteiger charge is -2.25. The molecule has 4 aromatic rings. The van der Waals surface area contributed by atoms with E-state index in [2.05, 4.69) is 6.92 Å². The molecule has 1 amide bonds. The lowest BCUT2D eigenvalue weighted by atomic mass is 9.96. The molecule has 1 atom stereocenters. The molecule has 1 aromatic heterocycles. The van der Waals surface area contributed by atoms with Gasteiger partial charge in [-0.25, -0.2) is 9.79 Å². The van der Waals surface area contributed by atoms with E-state index in [4.69, 9.17) is 9.73 Å². The van der Waals surface area contributed by atoms with Gasteiger partial charge in [0, 0.05) is 17.0 Å². The van der Waals surface area contributed by atoms with Crippen LogP contribution >= 0.6 is 23.1 Å². The molecular formula is C37H37N3O4S2. The molecule has 3 heterocycles. The van der Waals surface area contributed by atoms with Crippen molar-refractivity contribution in [1.82, 2.24) is 4.57 Å². The van der Waals surface area contributed by atoms with Crippen LogP contribution in [0.3, 0.4) is 0 Å². The maximum absolute atomic E-state index is 14.5. The van der Waals surface area contributed by atoms with Crippen molar-refractivity contribution in [3.05, 3.63) is 127 Å². The largest absolute Gasteiger partial charge is 0.457 e. The van der Waals surface area contributed by atoms with Crippen LogP contribution in [0.5, 0.6) is 0 Å². The van der Waals surface area contributed by atoms with Crippen LogP contribution in [0, 0.1) is 0 Å². The summed E-state index contributed by atoms with van der Waals surface area (Å²) in [6.45, 7) is 4.66. The fourth-order valence-electron chi connectivity index (χ4n) is 6.13. The van der Waals surface area contributed by atoms with Crippen molar-refractivity contribution in [2.75, 3.05) is 17.7 Å². The minimum Gasteiger partial charge on any atom is -0.457 e. The van der Waals surface area contributed by atoms with E-state index < -0.39 is 12.0 Å². The highest BCUT2D eigenvalue weighted by Crippen LogP contribution is 2.36. The first-order chi connectivity index (χ1) is 22.4. The number of hydrogen-bond acceptors (Lipinski definition) is 7. The molecule has 0 radical (unpaired) electrons. The summed E-state index contributed by atoms with van der Waals surface area (Å²) in [4.78, 5) is 50.4. The molecule has 9 heteroatoms. The molecule has 0 saturated heterocycles. The molecule has 2 aliphatic heterocycles. The fraction of sp³-hybridized carbons (Fsp3) is 0.297. The van der Waals surface area contributed by atoms with Crippen molar-refractivity contribution in [3.8, 4) is 0 Å².